The average Bonchev–Trinajstić information content (AvgIpc) is 3.02. The molecule has 4 rings (SSSR count). The van der Waals surface area contributed by atoms with Gasteiger partial charge in [0.05, 0.1) is 23.7 Å². The van der Waals surface area contributed by atoms with Gasteiger partial charge in [0, 0.05) is 7.05 Å². The summed E-state index contributed by atoms with van der Waals surface area (Å²) < 4.78 is 7.22. The molecule has 0 spiro atoms. The zero-order chi connectivity index (χ0) is 18.1. The smallest absolute Gasteiger partial charge is 0.151 e. The van der Waals surface area contributed by atoms with E-state index in [0.29, 0.717) is 11.4 Å². The number of ether oxygens (including phenoxy) is 1. The second-order valence-electron chi connectivity index (χ2n) is 6.13. The lowest BCUT2D eigenvalue weighted by atomic mass is 10.0. The van der Waals surface area contributed by atoms with Crippen molar-refractivity contribution in [2.45, 2.75) is 0 Å². The van der Waals surface area contributed by atoms with Gasteiger partial charge in [0.15, 0.2) is 5.82 Å². The van der Waals surface area contributed by atoms with Crippen LogP contribution < -0.4 is 4.74 Å². The number of fused-ring (bicyclic) bond motifs is 2. The number of methoxy groups -OCH3 is 1. The number of hydrogen-bond acceptors (Lipinski definition) is 3. The largest absolute Gasteiger partial charge is 0.497 e. The maximum Gasteiger partial charge on any atom is 0.151 e. The Bertz CT molecular complexity index is 1200. The Morgan fingerprint density at radius 3 is 2.62 bits per heavy atom. The number of allylic oxidation sites excluding steroid dienone is 1. The van der Waals surface area contributed by atoms with Crippen molar-refractivity contribution in [3.63, 3.8) is 0 Å². The first kappa shape index (κ1) is 15.9. The van der Waals surface area contributed by atoms with Crippen LogP contribution in [0, 0.1) is 11.3 Å². The molecule has 0 amide bonds. The average molecular weight is 339 g/mol. The summed E-state index contributed by atoms with van der Waals surface area (Å²) in [6.45, 7) is 0. The molecular weight excluding hydrogens is 322 g/mol. The highest BCUT2D eigenvalue weighted by Gasteiger charge is 2.11. The summed E-state index contributed by atoms with van der Waals surface area (Å²) in [7, 11) is 3.59. The van der Waals surface area contributed by atoms with E-state index in [9.17, 15) is 5.26 Å². The number of aryl methyl sites for hydroxylation is 1. The Morgan fingerprint density at radius 2 is 1.85 bits per heavy atom. The third kappa shape index (κ3) is 2.70. The molecule has 0 bridgehead atoms. The quantitative estimate of drug-likeness (QED) is 0.504. The van der Waals surface area contributed by atoms with Crippen molar-refractivity contribution in [1.29, 1.82) is 5.26 Å². The molecule has 1 heterocycles. The molecule has 0 saturated heterocycles. The molecule has 0 saturated carbocycles. The van der Waals surface area contributed by atoms with Crippen LogP contribution in [0.3, 0.4) is 0 Å². The summed E-state index contributed by atoms with van der Waals surface area (Å²) in [5.41, 5.74) is 3.40. The molecule has 126 valence electrons. The van der Waals surface area contributed by atoms with Crippen LogP contribution in [0.1, 0.15) is 11.4 Å². The minimum atomic E-state index is 0.538. The third-order valence-corrected chi connectivity index (χ3v) is 4.53. The normalized spacial score (nSPS) is 11.7. The molecule has 0 radical (unpaired) electrons. The van der Waals surface area contributed by atoms with Gasteiger partial charge >= 0.3 is 0 Å². The van der Waals surface area contributed by atoms with Crippen LogP contribution in [-0.2, 0) is 7.05 Å². The van der Waals surface area contributed by atoms with Crippen molar-refractivity contribution in [2.24, 2.45) is 7.05 Å². The Kier molecular flexibility index (Phi) is 3.91. The van der Waals surface area contributed by atoms with E-state index in [4.69, 9.17) is 4.74 Å². The zero-order valence-electron chi connectivity index (χ0n) is 14.6. The zero-order valence-corrected chi connectivity index (χ0v) is 14.6. The van der Waals surface area contributed by atoms with E-state index in [1.807, 2.05) is 72.3 Å². The molecule has 0 atom stereocenters. The minimum Gasteiger partial charge on any atom is -0.497 e. The number of benzene rings is 3. The molecule has 3 aromatic carbocycles. The molecule has 26 heavy (non-hydrogen) atoms. The van der Waals surface area contributed by atoms with Gasteiger partial charge in [-0.1, -0.05) is 30.3 Å². The Hall–Kier alpha value is -3.58. The lowest BCUT2D eigenvalue weighted by molar-refractivity contribution is 0.415. The summed E-state index contributed by atoms with van der Waals surface area (Å²) in [6.07, 6.45) is 1.88. The summed E-state index contributed by atoms with van der Waals surface area (Å²) in [5, 5.41) is 11.9. The second-order valence-corrected chi connectivity index (χ2v) is 6.13. The summed E-state index contributed by atoms with van der Waals surface area (Å²) >= 11 is 0. The Balaban J connectivity index is 1.81. The number of hydrogen-bond donors (Lipinski definition) is 0. The second kappa shape index (κ2) is 6.38. The molecule has 0 unspecified atom stereocenters. The highest BCUT2D eigenvalue weighted by atomic mass is 16.5. The highest BCUT2D eigenvalue weighted by molar-refractivity contribution is 5.93. The molecule has 0 fully saturated rings. The van der Waals surface area contributed by atoms with Gasteiger partial charge in [-0.2, -0.15) is 5.26 Å². The van der Waals surface area contributed by atoms with Gasteiger partial charge in [0.25, 0.3) is 0 Å². The third-order valence-electron chi connectivity index (χ3n) is 4.53. The fourth-order valence-electron chi connectivity index (χ4n) is 3.16. The first-order valence-corrected chi connectivity index (χ1v) is 8.31. The molecule has 4 heteroatoms. The van der Waals surface area contributed by atoms with Crippen LogP contribution >= 0.6 is 0 Å². The SMILES string of the molecule is COc1ccc2cc(C=C(C#N)c3nc4ccccc4n3C)ccc2c1. The van der Waals surface area contributed by atoms with E-state index in [0.717, 1.165) is 33.1 Å². The van der Waals surface area contributed by atoms with Gasteiger partial charge in [0.1, 0.15) is 11.8 Å². The predicted molar refractivity (Wildman–Crippen MR) is 105 cm³/mol. The van der Waals surface area contributed by atoms with Crippen molar-refractivity contribution in [3.8, 4) is 11.8 Å². The monoisotopic (exact) mass is 339 g/mol. The molecule has 0 aliphatic rings. The van der Waals surface area contributed by atoms with E-state index in [1.165, 1.54) is 0 Å². The maximum atomic E-state index is 9.68. The fraction of sp³-hybridized carbons (Fsp3) is 0.0909. The first-order chi connectivity index (χ1) is 12.7. The van der Waals surface area contributed by atoms with Gasteiger partial charge in [-0.3, -0.25) is 0 Å². The van der Waals surface area contributed by atoms with E-state index in [-0.39, 0.29) is 0 Å². The summed E-state index contributed by atoms with van der Waals surface area (Å²) in [4.78, 5) is 4.62. The van der Waals surface area contributed by atoms with E-state index < -0.39 is 0 Å². The van der Waals surface area contributed by atoms with Crippen LogP contribution in [0.4, 0.5) is 0 Å². The Labute approximate surface area is 151 Å². The maximum absolute atomic E-state index is 9.68. The molecule has 0 N–H and O–H groups in total. The number of nitrogens with zero attached hydrogens (tertiary/aromatic N) is 3. The Morgan fingerprint density at radius 1 is 1.08 bits per heavy atom. The van der Waals surface area contributed by atoms with Gasteiger partial charge < -0.3 is 9.30 Å². The fourth-order valence-corrected chi connectivity index (χ4v) is 3.16. The molecule has 4 nitrogen and oxygen atoms in total. The van der Waals surface area contributed by atoms with E-state index >= 15 is 0 Å². The van der Waals surface area contributed by atoms with Crippen molar-refractivity contribution in [2.75, 3.05) is 7.11 Å². The molecule has 0 aliphatic carbocycles. The van der Waals surface area contributed by atoms with Gasteiger partial charge in [0.2, 0.25) is 0 Å². The molecular formula is C22H17N3O. The van der Waals surface area contributed by atoms with Crippen LogP contribution in [0.15, 0.2) is 60.7 Å². The molecule has 0 aliphatic heterocycles. The first-order valence-electron chi connectivity index (χ1n) is 8.31. The van der Waals surface area contributed by atoms with Crippen LogP contribution in [-0.4, -0.2) is 16.7 Å². The van der Waals surface area contributed by atoms with Gasteiger partial charge in [-0.15, -0.1) is 0 Å². The van der Waals surface area contributed by atoms with Crippen molar-refractivity contribution >= 4 is 33.5 Å². The number of rotatable bonds is 3. The van der Waals surface area contributed by atoms with Crippen molar-refractivity contribution in [3.05, 3.63) is 72.1 Å². The van der Waals surface area contributed by atoms with Crippen LogP contribution in [0.25, 0.3) is 33.5 Å². The number of aromatic nitrogens is 2. The van der Waals surface area contributed by atoms with Crippen molar-refractivity contribution in [1.82, 2.24) is 9.55 Å². The van der Waals surface area contributed by atoms with E-state index in [1.54, 1.807) is 7.11 Å². The van der Waals surface area contributed by atoms with Crippen molar-refractivity contribution < 1.29 is 4.74 Å². The minimum absolute atomic E-state index is 0.538. The lowest BCUT2D eigenvalue weighted by Crippen LogP contribution is -1.96. The van der Waals surface area contributed by atoms with E-state index in [2.05, 4.69) is 17.1 Å². The highest BCUT2D eigenvalue weighted by Crippen LogP contribution is 2.25. The predicted octanol–water partition coefficient (Wildman–Crippen LogP) is 4.80. The number of imidazole rings is 1. The molecule has 1 aromatic heterocycles. The van der Waals surface area contributed by atoms with Gasteiger partial charge in [-0.25, -0.2) is 4.98 Å². The van der Waals surface area contributed by atoms with Gasteiger partial charge in [-0.05, 0) is 52.7 Å². The standard InChI is InChI=1S/C22H17N3O/c1-25-21-6-4-3-5-20(21)24-22(25)18(14-23)12-15-7-8-17-13-19(26-2)10-9-16(17)11-15/h3-13H,1-2H3. The lowest BCUT2D eigenvalue weighted by Gasteiger charge is -2.04. The topological polar surface area (TPSA) is 50.8 Å². The van der Waals surface area contributed by atoms with Crippen LogP contribution in [0.2, 0.25) is 0 Å². The summed E-state index contributed by atoms with van der Waals surface area (Å²) in [6, 6.07) is 22.2. The number of nitriles is 1. The van der Waals surface area contributed by atoms with Crippen LogP contribution in [0.5, 0.6) is 5.75 Å². The number of para-hydroxylation sites is 2. The summed E-state index contributed by atoms with van der Waals surface area (Å²) in [5.74, 6) is 1.50. The molecule has 4 aromatic rings.